The second kappa shape index (κ2) is 6.46. The van der Waals surface area contributed by atoms with Gasteiger partial charge < -0.3 is 0 Å². The highest BCUT2D eigenvalue weighted by molar-refractivity contribution is 7.90. The SMILES string of the molecule is CC1=C(Cl)C(=O)C(Cl)=C(C)C1=NS(=O)(=O)c1cccc([N+](=O)[O-])c1. The molecular formula is C14H10Cl2N2O5S. The lowest BCUT2D eigenvalue weighted by Gasteiger charge is -2.16. The Kier molecular flexibility index (Phi) is 4.93. The van der Waals surface area contributed by atoms with Gasteiger partial charge in [0.15, 0.2) is 0 Å². The Morgan fingerprint density at radius 3 is 2.17 bits per heavy atom. The van der Waals surface area contributed by atoms with Crippen LogP contribution in [0, 0.1) is 10.1 Å². The largest absolute Gasteiger partial charge is 0.287 e. The first-order valence-electron chi connectivity index (χ1n) is 6.44. The normalized spacial score (nSPS) is 15.8. The van der Waals surface area contributed by atoms with Crippen LogP contribution in [0.3, 0.4) is 0 Å². The Hall–Kier alpha value is -2.03. The molecule has 0 atom stereocenters. The zero-order chi connectivity index (χ0) is 18.2. The van der Waals surface area contributed by atoms with E-state index in [0.717, 1.165) is 12.1 Å². The molecule has 0 fully saturated rings. The smallest absolute Gasteiger partial charge is 0.283 e. The average Bonchev–Trinajstić information content (AvgIpc) is 2.55. The summed E-state index contributed by atoms with van der Waals surface area (Å²) >= 11 is 11.7. The van der Waals surface area contributed by atoms with Gasteiger partial charge in [-0.25, -0.2) is 0 Å². The summed E-state index contributed by atoms with van der Waals surface area (Å²) in [6.07, 6.45) is 0. The molecule has 0 saturated carbocycles. The molecule has 0 spiro atoms. The van der Waals surface area contributed by atoms with Crippen LogP contribution in [0.25, 0.3) is 0 Å². The van der Waals surface area contributed by atoms with Crippen molar-refractivity contribution in [3.8, 4) is 0 Å². The quantitative estimate of drug-likeness (QED) is 0.448. The molecule has 1 aliphatic rings. The van der Waals surface area contributed by atoms with E-state index in [-0.39, 0.29) is 37.5 Å². The van der Waals surface area contributed by atoms with Gasteiger partial charge in [0, 0.05) is 12.1 Å². The molecule has 0 bridgehead atoms. The van der Waals surface area contributed by atoms with Gasteiger partial charge in [-0.3, -0.25) is 14.9 Å². The molecule has 0 saturated heterocycles. The van der Waals surface area contributed by atoms with Crippen molar-refractivity contribution in [3.05, 3.63) is 55.6 Å². The van der Waals surface area contributed by atoms with Crippen molar-refractivity contribution in [2.24, 2.45) is 4.40 Å². The van der Waals surface area contributed by atoms with Gasteiger partial charge in [-0.2, -0.15) is 12.8 Å². The lowest BCUT2D eigenvalue weighted by Crippen LogP contribution is -2.19. The Balaban J connectivity index is 2.63. The van der Waals surface area contributed by atoms with E-state index in [2.05, 4.69) is 4.40 Å². The summed E-state index contributed by atoms with van der Waals surface area (Å²) in [5.74, 6) is -0.611. The number of hydrogen-bond donors (Lipinski definition) is 0. The standard InChI is InChI=1S/C14H10Cl2N2O5S/c1-7-11(15)14(19)12(16)8(2)13(7)17-24(22,23)10-5-3-4-9(6-10)18(20)21/h3-6H,1-2H3. The lowest BCUT2D eigenvalue weighted by molar-refractivity contribution is -0.385. The molecular weight excluding hydrogens is 379 g/mol. The maximum Gasteiger partial charge on any atom is 0.283 e. The molecule has 0 N–H and O–H groups in total. The Morgan fingerprint density at radius 2 is 1.67 bits per heavy atom. The van der Waals surface area contributed by atoms with Crippen molar-refractivity contribution >= 4 is 50.4 Å². The topological polar surface area (TPSA) is 107 Å². The molecule has 126 valence electrons. The molecule has 0 heterocycles. The van der Waals surface area contributed by atoms with Crippen LogP contribution in [0.1, 0.15) is 13.8 Å². The Morgan fingerprint density at radius 1 is 1.12 bits per heavy atom. The van der Waals surface area contributed by atoms with Crippen molar-refractivity contribution in [2.45, 2.75) is 18.7 Å². The van der Waals surface area contributed by atoms with Crippen molar-refractivity contribution < 1.29 is 18.1 Å². The van der Waals surface area contributed by atoms with Crippen molar-refractivity contribution in [2.75, 3.05) is 0 Å². The summed E-state index contributed by atoms with van der Waals surface area (Å²) in [4.78, 5) is 21.5. The summed E-state index contributed by atoms with van der Waals surface area (Å²) in [5.41, 5.74) is -0.114. The molecule has 0 radical (unpaired) electrons. The van der Waals surface area contributed by atoms with Crippen LogP contribution in [-0.4, -0.2) is 24.8 Å². The summed E-state index contributed by atoms with van der Waals surface area (Å²) < 4.78 is 28.5. The first kappa shape index (κ1) is 18.3. The molecule has 24 heavy (non-hydrogen) atoms. The lowest BCUT2D eigenvalue weighted by atomic mass is 9.97. The van der Waals surface area contributed by atoms with E-state index in [1.807, 2.05) is 0 Å². The Labute approximate surface area is 147 Å². The van der Waals surface area contributed by atoms with Gasteiger partial charge >= 0.3 is 0 Å². The van der Waals surface area contributed by atoms with Crippen LogP contribution in [-0.2, 0) is 14.8 Å². The number of ketones is 1. The van der Waals surface area contributed by atoms with Crippen molar-refractivity contribution in [1.29, 1.82) is 0 Å². The molecule has 1 aromatic carbocycles. The highest BCUT2D eigenvalue weighted by Gasteiger charge is 2.29. The first-order valence-corrected chi connectivity index (χ1v) is 8.63. The van der Waals surface area contributed by atoms with Crippen molar-refractivity contribution in [1.82, 2.24) is 0 Å². The molecule has 0 unspecified atom stereocenters. The van der Waals surface area contributed by atoms with Gasteiger partial charge in [0.2, 0.25) is 5.78 Å². The van der Waals surface area contributed by atoms with E-state index >= 15 is 0 Å². The monoisotopic (exact) mass is 388 g/mol. The van der Waals surface area contributed by atoms with E-state index in [1.54, 1.807) is 0 Å². The summed E-state index contributed by atoms with van der Waals surface area (Å²) in [5, 5.41) is 10.3. The molecule has 0 aliphatic heterocycles. The molecule has 10 heteroatoms. The fraction of sp³-hybridized carbons (Fsp3) is 0.143. The number of hydrogen-bond acceptors (Lipinski definition) is 5. The third-order valence-electron chi connectivity index (χ3n) is 3.31. The third-order valence-corrected chi connectivity index (χ3v) is 5.49. The van der Waals surface area contributed by atoms with Crippen LogP contribution in [0.5, 0.6) is 0 Å². The maximum absolute atomic E-state index is 12.4. The third kappa shape index (κ3) is 3.26. The number of allylic oxidation sites excluding steroid dienone is 4. The number of nitro benzene ring substituents is 1. The predicted octanol–water partition coefficient (Wildman–Crippen LogP) is 3.33. The summed E-state index contributed by atoms with van der Waals surface area (Å²) in [6.45, 7) is 2.88. The van der Waals surface area contributed by atoms with E-state index in [4.69, 9.17) is 23.2 Å². The van der Waals surface area contributed by atoms with Crippen LogP contribution in [0.4, 0.5) is 5.69 Å². The van der Waals surface area contributed by atoms with Gasteiger partial charge in [-0.1, -0.05) is 29.3 Å². The number of carbonyl (C=O) groups is 1. The summed E-state index contributed by atoms with van der Waals surface area (Å²) in [6, 6.07) is 4.48. The zero-order valence-electron chi connectivity index (χ0n) is 12.4. The van der Waals surface area contributed by atoms with Gasteiger partial charge in [0.1, 0.15) is 0 Å². The Bertz CT molecular complexity index is 931. The van der Waals surface area contributed by atoms with Gasteiger partial charge in [0.05, 0.1) is 25.6 Å². The number of benzene rings is 1. The zero-order valence-corrected chi connectivity index (χ0v) is 14.7. The van der Waals surface area contributed by atoms with Crippen LogP contribution >= 0.6 is 23.2 Å². The number of carbonyl (C=O) groups excluding carboxylic acids is 1. The van der Waals surface area contributed by atoms with Crippen LogP contribution < -0.4 is 0 Å². The molecule has 0 aromatic heterocycles. The summed E-state index contributed by atoms with van der Waals surface area (Å²) in [7, 11) is -4.26. The highest BCUT2D eigenvalue weighted by Crippen LogP contribution is 2.31. The van der Waals surface area contributed by atoms with Crippen LogP contribution in [0.15, 0.2) is 54.8 Å². The second-order valence-corrected chi connectivity index (χ2v) is 7.24. The van der Waals surface area contributed by atoms with Gasteiger partial charge in [0.25, 0.3) is 15.7 Å². The number of nitrogens with zero attached hydrogens (tertiary/aromatic N) is 2. The van der Waals surface area contributed by atoms with Gasteiger partial charge in [-0.05, 0) is 31.1 Å². The second-order valence-electron chi connectivity index (χ2n) is 4.88. The van der Waals surface area contributed by atoms with E-state index < -0.39 is 20.7 Å². The van der Waals surface area contributed by atoms with E-state index in [9.17, 15) is 23.3 Å². The molecule has 0 amide bonds. The predicted molar refractivity (Wildman–Crippen MR) is 89.8 cm³/mol. The highest BCUT2D eigenvalue weighted by atomic mass is 35.5. The number of Topliss-reactive ketones (excluding diaryl/α,β-unsaturated/α-hetero) is 1. The number of nitro groups is 1. The minimum absolute atomic E-state index is 0.0592. The molecule has 7 nitrogen and oxygen atoms in total. The van der Waals surface area contributed by atoms with Crippen LogP contribution in [0.2, 0.25) is 0 Å². The van der Waals surface area contributed by atoms with Gasteiger partial charge in [-0.15, -0.1) is 0 Å². The number of rotatable bonds is 3. The fourth-order valence-corrected chi connectivity index (χ4v) is 3.55. The number of sulfonamides is 1. The molecule has 1 aromatic rings. The molecule has 1 aliphatic carbocycles. The number of non-ortho nitro benzene ring substituents is 1. The molecule has 2 rings (SSSR count). The van der Waals surface area contributed by atoms with E-state index in [1.165, 1.54) is 26.0 Å². The number of halogens is 2. The first-order chi connectivity index (χ1) is 11.1. The maximum atomic E-state index is 12.4. The van der Waals surface area contributed by atoms with E-state index in [0.29, 0.717) is 0 Å². The fourth-order valence-electron chi connectivity index (χ4n) is 1.99. The minimum atomic E-state index is -4.26. The van der Waals surface area contributed by atoms with Crippen molar-refractivity contribution in [3.63, 3.8) is 0 Å². The minimum Gasteiger partial charge on any atom is -0.287 e. The average molecular weight is 389 g/mol.